The molecule has 1 aliphatic rings. The largest absolute Gasteiger partial charge is 0.358 e. The molecule has 94 valence electrons. The minimum Gasteiger partial charge on any atom is -0.358 e. The number of allylic oxidation sites excluding steroid dienone is 1. The molecule has 0 bridgehead atoms. The van der Waals surface area contributed by atoms with Crippen molar-refractivity contribution in [2.45, 2.75) is 12.8 Å². The summed E-state index contributed by atoms with van der Waals surface area (Å²) in [5.41, 5.74) is 1.36. The molecule has 2 rings (SSSR count). The number of anilines is 2. The normalized spacial score (nSPS) is 12.5. The van der Waals surface area contributed by atoms with Crippen LogP contribution >= 0.6 is 0 Å². The fourth-order valence-electron chi connectivity index (χ4n) is 1.81. The predicted octanol–water partition coefficient (Wildman–Crippen LogP) is 2.05. The molecule has 0 saturated heterocycles. The number of amides is 1. The number of hydrogen-bond acceptors (Lipinski definition) is 4. The average molecular weight is 256 g/mol. The number of hydrogen-bond donors (Lipinski definition) is 2. The maximum atomic E-state index is 13.4. The van der Waals surface area contributed by atoms with E-state index in [1.54, 1.807) is 12.1 Å². The molecular formula is C13H9FN4O. The second-order valence-electron chi connectivity index (χ2n) is 3.96. The van der Waals surface area contributed by atoms with Crippen LogP contribution in [0.2, 0.25) is 0 Å². The molecule has 0 unspecified atom stereocenters. The van der Waals surface area contributed by atoms with Gasteiger partial charge in [0.15, 0.2) is 0 Å². The first-order valence-electron chi connectivity index (χ1n) is 5.53. The van der Waals surface area contributed by atoms with Gasteiger partial charge in [-0.2, -0.15) is 10.5 Å². The third-order valence-electron chi connectivity index (χ3n) is 2.68. The van der Waals surface area contributed by atoms with E-state index in [4.69, 9.17) is 10.5 Å². The third kappa shape index (κ3) is 2.70. The zero-order valence-electron chi connectivity index (χ0n) is 9.83. The van der Waals surface area contributed by atoms with Crippen LogP contribution in [0.25, 0.3) is 0 Å². The standard InChI is InChI=1S/C13H9FN4O/c14-10-3-9-1-2-12(19)18-13(9)11(4-10)17-7-8(5-15)6-16/h3-4,7,17H,1-2H2,(H,18,19). The molecule has 19 heavy (non-hydrogen) atoms. The van der Waals surface area contributed by atoms with Crippen LogP contribution < -0.4 is 10.6 Å². The van der Waals surface area contributed by atoms with Gasteiger partial charge in [-0.25, -0.2) is 4.39 Å². The van der Waals surface area contributed by atoms with Gasteiger partial charge in [0.1, 0.15) is 23.5 Å². The first-order chi connectivity index (χ1) is 9.13. The lowest BCUT2D eigenvalue weighted by Crippen LogP contribution is -2.20. The zero-order valence-corrected chi connectivity index (χ0v) is 9.83. The summed E-state index contributed by atoms with van der Waals surface area (Å²) in [7, 11) is 0. The molecule has 6 heteroatoms. The maximum absolute atomic E-state index is 13.4. The molecule has 1 amide bonds. The molecule has 0 radical (unpaired) electrons. The van der Waals surface area contributed by atoms with E-state index in [0.717, 1.165) is 0 Å². The molecule has 1 aromatic rings. The topological polar surface area (TPSA) is 88.7 Å². The number of halogens is 1. The van der Waals surface area contributed by atoms with Crippen LogP contribution in [0, 0.1) is 28.5 Å². The summed E-state index contributed by atoms with van der Waals surface area (Å²) in [5, 5.41) is 22.6. The summed E-state index contributed by atoms with van der Waals surface area (Å²) in [5.74, 6) is -0.590. The Balaban J connectivity index is 2.39. The Morgan fingerprint density at radius 2 is 2.11 bits per heavy atom. The van der Waals surface area contributed by atoms with Crippen molar-refractivity contribution in [2.24, 2.45) is 0 Å². The smallest absolute Gasteiger partial charge is 0.224 e. The van der Waals surface area contributed by atoms with Crippen molar-refractivity contribution in [1.82, 2.24) is 0 Å². The maximum Gasteiger partial charge on any atom is 0.224 e. The number of carbonyl (C=O) groups excluding carboxylic acids is 1. The Bertz CT molecular complexity index is 636. The third-order valence-corrected chi connectivity index (χ3v) is 2.68. The van der Waals surface area contributed by atoms with Crippen molar-refractivity contribution in [3.05, 3.63) is 35.3 Å². The Kier molecular flexibility index (Phi) is 3.44. The number of nitrogens with one attached hydrogen (secondary N) is 2. The Hall–Kier alpha value is -2.86. The van der Waals surface area contributed by atoms with Gasteiger partial charge in [0.2, 0.25) is 5.91 Å². The molecular weight excluding hydrogens is 247 g/mol. The minimum absolute atomic E-state index is 0.139. The monoisotopic (exact) mass is 256 g/mol. The summed E-state index contributed by atoms with van der Waals surface area (Å²) in [6, 6.07) is 5.93. The van der Waals surface area contributed by atoms with Crippen LogP contribution in [0.1, 0.15) is 12.0 Å². The van der Waals surface area contributed by atoms with E-state index >= 15 is 0 Å². The summed E-state index contributed by atoms with van der Waals surface area (Å²) in [6.45, 7) is 0. The summed E-state index contributed by atoms with van der Waals surface area (Å²) in [6.07, 6.45) is 1.95. The molecule has 1 heterocycles. The molecule has 0 saturated carbocycles. The molecule has 0 aromatic heterocycles. The lowest BCUT2D eigenvalue weighted by molar-refractivity contribution is -0.116. The van der Waals surface area contributed by atoms with Crippen molar-refractivity contribution in [2.75, 3.05) is 10.6 Å². The molecule has 5 nitrogen and oxygen atoms in total. The fourth-order valence-corrected chi connectivity index (χ4v) is 1.81. The summed E-state index contributed by atoms with van der Waals surface area (Å²) in [4.78, 5) is 11.4. The van der Waals surface area contributed by atoms with Gasteiger partial charge < -0.3 is 10.6 Å². The van der Waals surface area contributed by atoms with Crippen molar-refractivity contribution in [3.63, 3.8) is 0 Å². The highest BCUT2D eigenvalue weighted by molar-refractivity contribution is 5.97. The lowest BCUT2D eigenvalue weighted by Gasteiger charge is -2.20. The van der Waals surface area contributed by atoms with E-state index in [9.17, 15) is 9.18 Å². The van der Waals surface area contributed by atoms with Crippen molar-refractivity contribution >= 4 is 17.3 Å². The van der Waals surface area contributed by atoms with Crippen LogP contribution in [0.4, 0.5) is 15.8 Å². The van der Waals surface area contributed by atoms with Gasteiger partial charge in [-0.3, -0.25) is 4.79 Å². The highest BCUT2D eigenvalue weighted by atomic mass is 19.1. The van der Waals surface area contributed by atoms with E-state index in [0.29, 0.717) is 29.8 Å². The van der Waals surface area contributed by atoms with Crippen molar-refractivity contribution in [3.8, 4) is 12.1 Å². The van der Waals surface area contributed by atoms with Gasteiger partial charge in [-0.05, 0) is 24.1 Å². The van der Waals surface area contributed by atoms with E-state index < -0.39 is 5.82 Å². The van der Waals surface area contributed by atoms with Gasteiger partial charge >= 0.3 is 0 Å². The number of rotatable bonds is 2. The molecule has 0 spiro atoms. The van der Waals surface area contributed by atoms with Crippen LogP contribution in [-0.4, -0.2) is 5.91 Å². The van der Waals surface area contributed by atoms with E-state index in [1.165, 1.54) is 18.3 Å². The number of nitrogens with zero attached hydrogens (tertiary/aromatic N) is 2. The number of benzene rings is 1. The van der Waals surface area contributed by atoms with Gasteiger partial charge in [0.05, 0.1) is 11.4 Å². The Morgan fingerprint density at radius 1 is 1.37 bits per heavy atom. The Morgan fingerprint density at radius 3 is 2.79 bits per heavy atom. The second kappa shape index (κ2) is 5.19. The van der Waals surface area contributed by atoms with E-state index in [1.807, 2.05) is 0 Å². The van der Waals surface area contributed by atoms with Gasteiger partial charge in [-0.1, -0.05) is 0 Å². The molecule has 1 aromatic carbocycles. The first-order valence-corrected chi connectivity index (χ1v) is 5.53. The average Bonchev–Trinajstić information content (AvgIpc) is 2.40. The van der Waals surface area contributed by atoms with E-state index in [-0.39, 0.29) is 11.5 Å². The van der Waals surface area contributed by atoms with Gasteiger partial charge in [0, 0.05) is 12.6 Å². The van der Waals surface area contributed by atoms with Crippen molar-refractivity contribution in [1.29, 1.82) is 10.5 Å². The van der Waals surface area contributed by atoms with Crippen LogP contribution in [0.3, 0.4) is 0 Å². The summed E-state index contributed by atoms with van der Waals surface area (Å²) >= 11 is 0. The molecule has 1 aliphatic heterocycles. The first kappa shape index (κ1) is 12.6. The number of nitriles is 2. The quantitative estimate of drug-likeness (QED) is 0.792. The minimum atomic E-state index is -0.443. The van der Waals surface area contributed by atoms with Crippen molar-refractivity contribution < 1.29 is 9.18 Å². The molecule has 0 fully saturated rings. The predicted molar refractivity (Wildman–Crippen MR) is 66.3 cm³/mol. The molecule has 0 atom stereocenters. The molecule has 0 aliphatic carbocycles. The number of fused-ring (bicyclic) bond motifs is 1. The van der Waals surface area contributed by atoms with Crippen LogP contribution in [-0.2, 0) is 11.2 Å². The van der Waals surface area contributed by atoms with Crippen LogP contribution in [0.5, 0.6) is 0 Å². The fraction of sp³-hybridized carbons (Fsp3) is 0.154. The summed E-state index contributed by atoms with van der Waals surface area (Å²) < 4.78 is 13.4. The Labute approximate surface area is 109 Å². The number of aryl methyl sites for hydroxylation is 1. The highest BCUT2D eigenvalue weighted by Gasteiger charge is 2.18. The highest BCUT2D eigenvalue weighted by Crippen LogP contribution is 2.32. The van der Waals surface area contributed by atoms with Crippen LogP contribution in [0.15, 0.2) is 23.9 Å². The second-order valence-corrected chi connectivity index (χ2v) is 3.96. The molecule has 2 N–H and O–H groups in total. The lowest BCUT2D eigenvalue weighted by atomic mass is 10.0. The number of carbonyl (C=O) groups is 1. The van der Waals surface area contributed by atoms with Gasteiger partial charge in [0.25, 0.3) is 0 Å². The SMILES string of the molecule is N#CC(C#N)=CNc1cc(F)cc2c1NC(=O)CC2. The van der Waals surface area contributed by atoms with E-state index in [2.05, 4.69) is 10.6 Å². The van der Waals surface area contributed by atoms with Gasteiger partial charge in [-0.15, -0.1) is 0 Å². The zero-order chi connectivity index (χ0) is 13.8.